The summed E-state index contributed by atoms with van der Waals surface area (Å²) < 4.78 is 64.4. The molecule has 2 heterocycles. The third-order valence-electron chi connectivity index (χ3n) is 5.51. The summed E-state index contributed by atoms with van der Waals surface area (Å²) in [6, 6.07) is 4.88. The van der Waals surface area contributed by atoms with Gasteiger partial charge in [0.1, 0.15) is 0 Å². The molecule has 13 heteroatoms. The van der Waals surface area contributed by atoms with Gasteiger partial charge < -0.3 is 14.2 Å². The SMILES string of the molecule is CCCCOC(=O)N1CC=C(c2c(C)noc2NS(=O)(=O)c2ccc(S(=O)(=O)N(C)C)cc2)CC1. The van der Waals surface area contributed by atoms with Gasteiger partial charge in [0, 0.05) is 27.2 Å². The minimum atomic E-state index is -4.08. The van der Waals surface area contributed by atoms with E-state index in [1.165, 1.54) is 38.4 Å². The van der Waals surface area contributed by atoms with Crippen molar-refractivity contribution in [3.05, 3.63) is 41.6 Å². The second-order valence-electron chi connectivity index (χ2n) is 8.23. The summed E-state index contributed by atoms with van der Waals surface area (Å²) in [6.45, 7) is 4.82. The Hall–Kier alpha value is -2.90. The van der Waals surface area contributed by atoms with Crippen molar-refractivity contribution in [3.8, 4) is 0 Å². The van der Waals surface area contributed by atoms with E-state index >= 15 is 0 Å². The maximum absolute atomic E-state index is 13.0. The van der Waals surface area contributed by atoms with E-state index in [9.17, 15) is 21.6 Å². The van der Waals surface area contributed by atoms with Crippen LogP contribution in [0, 0.1) is 6.92 Å². The van der Waals surface area contributed by atoms with Gasteiger partial charge >= 0.3 is 6.09 Å². The van der Waals surface area contributed by atoms with E-state index in [0.29, 0.717) is 37.4 Å². The van der Waals surface area contributed by atoms with Crippen LogP contribution in [-0.4, -0.2) is 71.1 Å². The number of aryl methyl sites for hydroxylation is 1. The first-order chi connectivity index (χ1) is 16.5. The molecule has 11 nitrogen and oxygen atoms in total. The molecule has 0 aliphatic carbocycles. The summed E-state index contributed by atoms with van der Waals surface area (Å²) >= 11 is 0. The predicted octanol–water partition coefficient (Wildman–Crippen LogP) is 3.06. The number of carbonyl (C=O) groups excluding carboxylic acids is 1. The Morgan fingerprint density at radius 1 is 1.17 bits per heavy atom. The number of benzene rings is 1. The molecule has 1 aliphatic heterocycles. The monoisotopic (exact) mass is 526 g/mol. The lowest BCUT2D eigenvalue weighted by Gasteiger charge is -2.26. The first-order valence-electron chi connectivity index (χ1n) is 11.1. The van der Waals surface area contributed by atoms with Crippen molar-refractivity contribution >= 4 is 37.6 Å². The Bertz CT molecular complexity index is 1300. The topological polar surface area (TPSA) is 139 Å². The van der Waals surface area contributed by atoms with Gasteiger partial charge in [0.15, 0.2) is 0 Å². The minimum Gasteiger partial charge on any atom is -0.449 e. The highest BCUT2D eigenvalue weighted by Crippen LogP contribution is 2.33. The van der Waals surface area contributed by atoms with E-state index in [4.69, 9.17) is 9.26 Å². The summed E-state index contributed by atoms with van der Waals surface area (Å²) in [7, 11) is -4.99. The number of aromatic nitrogens is 1. The van der Waals surface area contributed by atoms with Gasteiger partial charge in [-0.05, 0) is 49.6 Å². The van der Waals surface area contributed by atoms with Gasteiger partial charge in [-0.25, -0.2) is 30.7 Å². The van der Waals surface area contributed by atoms with Gasteiger partial charge in [-0.3, -0.25) is 0 Å². The average molecular weight is 527 g/mol. The molecule has 35 heavy (non-hydrogen) atoms. The molecule has 0 atom stereocenters. The van der Waals surface area contributed by atoms with E-state index in [1.807, 2.05) is 13.0 Å². The van der Waals surface area contributed by atoms with Crippen LogP contribution in [0.5, 0.6) is 0 Å². The summed E-state index contributed by atoms with van der Waals surface area (Å²) in [5, 5.41) is 3.91. The maximum atomic E-state index is 13.0. The van der Waals surface area contributed by atoms with Crippen molar-refractivity contribution in [2.75, 3.05) is 38.5 Å². The van der Waals surface area contributed by atoms with Crippen LogP contribution >= 0.6 is 0 Å². The van der Waals surface area contributed by atoms with Crippen molar-refractivity contribution in [2.24, 2.45) is 0 Å². The molecule has 2 aromatic rings. The highest BCUT2D eigenvalue weighted by Gasteiger charge is 2.27. The highest BCUT2D eigenvalue weighted by molar-refractivity contribution is 7.92. The zero-order chi connectivity index (χ0) is 25.8. The normalized spacial score (nSPS) is 14.7. The number of carbonyl (C=O) groups is 1. The van der Waals surface area contributed by atoms with Crippen molar-refractivity contribution in [2.45, 2.75) is 42.9 Å². The summed E-state index contributed by atoms with van der Waals surface area (Å²) in [5.41, 5.74) is 1.81. The van der Waals surface area contributed by atoms with E-state index in [2.05, 4.69) is 9.88 Å². The Balaban J connectivity index is 1.77. The smallest absolute Gasteiger partial charge is 0.410 e. The largest absolute Gasteiger partial charge is 0.449 e. The number of anilines is 1. The lowest BCUT2D eigenvalue weighted by atomic mass is 10.00. The number of amides is 1. The molecule has 0 spiro atoms. The second kappa shape index (κ2) is 10.8. The molecule has 1 aromatic carbocycles. The summed E-state index contributed by atoms with van der Waals surface area (Å²) in [5.74, 6) is -0.0438. The van der Waals surface area contributed by atoms with Crippen LogP contribution in [0.3, 0.4) is 0 Å². The molecule has 3 rings (SSSR count). The van der Waals surface area contributed by atoms with Gasteiger partial charge in [0.25, 0.3) is 10.0 Å². The van der Waals surface area contributed by atoms with Crippen molar-refractivity contribution < 1.29 is 30.9 Å². The third kappa shape index (κ3) is 6.03. The van der Waals surface area contributed by atoms with E-state index in [-0.39, 0.29) is 21.8 Å². The van der Waals surface area contributed by atoms with E-state index in [1.54, 1.807) is 11.8 Å². The second-order valence-corrected chi connectivity index (χ2v) is 12.1. The molecule has 0 bridgehead atoms. The summed E-state index contributed by atoms with van der Waals surface area (Å²) in [4.78, 5) is 13.6. The number of nitrogens with zero attached hydrogens (tertiary/aromatic N) is 3. The van der Waals surface area contributed by atoms with Crippen LogP contribution in [0.15, 0.2) is 44.7 Å². The molecule has 0 saturated carbocycles. The van der Waals surface area contributed by atoms with Gasteiger partial charge in [-0.15, -0.1) is 0 Å². The zero-order valence-electron chi connectivity index (χ0n) is 20.1. The van der Waals surface area contributed by atoms with Crippen LogP contribution in [0.4, 0.5) is 10.7 Å². The molecule has 0 unspecified atom stereocenters. The molecule has 0 radical (unpaired) electrons. The van der Waals surface area contributed by atoms with E-state index in [0.717, 1.165) is 22.7 Å². The number of hydrogen-bond acceptors (Lipinski definition) is 8. The fraction of sp³-hybridized carbons (Fsp3) is 0.455. The Morgan fingerprint density at radius 2 is 1.83 bits per heavy atom. The van der Waals surface area contributed by atoms with Crippen molar-refractivity contribution in [1.82, 2.24) is 14.4 Å². The average Bonchev–Trinajstić information content (AvgIpc) is 3.18. The maximum Gasteiger partial charge on any atom is 0.410 e. The molecule has 1 aliphatic rings. The number of hydrogen-bond donors (Lipinski definition) is 1. The number of ether oxygens (including phenoxy) is 1. The lowest BCUT2D eigenvalue weighted by molar-refractivity contribution is 0.105. The molecule has 1 aromatic heterocycles. The van der Waals surface area contributed by atoms with Gasteiger partial charge in [-0.2, -0.15) is 0 Å². The minimum absolute atomic E-state index is 0.0252. The van der Waals surface area contributed by atoms with Crippen LogP contribution in [0.2, 0.25) is 0 Å². The van der Waals surface area contributed by atoms with Crippen LogP contribution in [0.25, 0.3) is 5.57 Å². The Morgan fingerprint density at radius 3 is 2.40 bits per heavy atom. The number of unbranched alkanes of at least 4 members (excludes halogenated alkanes) is 1. The molecular weight excluding hydrogens is 496 g/mol. The fourth-order valence-corrected chi connectivity index (χ4v) is 5.35. The molecule has 0 saturated heterocycles. The fourth-order valence-electron chi connectivity index (χ4n) is 3.46. The number of rotatable bonds is 9. The molecular formula is C22H30N4O7S2. The van der Waals surface area contributed by atoms with Crippen LogP contribution < -0.4 is 4.72 Å². The molecule has 192 valence electrons. The van der Waals surface area contributed by atoms with E-state index < -0.39 is 20.0 Å². The van der Waals surface area contributed by atoms with Crippen molar-refractivity contribution in [3.63, 3.8) is 0 Å². The molecule has 1 N–H and O–H groups in total. The standard InChI is InChI=1S/C22H30N4O7S2/c1-5-6-15-32-22(27)26-13-11-17(12-14-26)20-16(2)23-33-21(20)24-34(28,29)18-7-9-19(10-8-18)35(30,31)25(3)4/h7-11,24H,5-6,12-15H2,1-4H3. The van der Waals surface area contributed by atoms with Gasteiger partial charge in [0.2, 0.25) is 15.9 Å². The van der Waals surface area contributed by atoms with Gasteiger partial charge in [-0.1, -0.05) is 24.6 Å². The van der Waals surface area contributed by atoms with Crippen molar-refractivity contribution in [1.29, 1.82) is 0 Å². The van der Waals surface area contributed by atoms with Gasteiger partial charge in [0.05, 0.1) is 27.7 Å². The molecule has 1 amide bonds. The predicted molar refractivity (Wildman–Crippen MR) is 130 cm³/mol. The number of nitrogens with one attached hydrogen (secondary N) is 1. The van der Waals surface area contributed by atoms with Crippen LogP contribution in [0.1, 0.15) is 37.4 Å². The third-order valence-corrected chi connectivity index (χ3v) is 8.69. The lowest BCUT2D eigenvalue weighted by Crippen LogP contribution is -2.35. The zero-order valence-corrected chi connectivity index (χ0v) is 21.8. The highest BCUT2D eigenvalue weighted by atomic mass is 32.2. The molecule has 0 fully saturated rings. The quantitative estimate of drug-likeness (QED) is 0.492. The first kappa shape index (κ1) is 26.7. The Kier molecular flexibility index (Phi) is 8.23. The number of sulfonamides is 2. The Labute approximate surface area is 205 Å². The van der Waals surface area contributed by atoms with Crippen LogP contribution in [-0.2, 0) is 24.8 Å². The first-order valence-corrected chi connectivity index (χ1v) is 14.0. The summed E-state index contributed by atoms with van der Waals surface area (Å²) in [6.07, 6.45) is 3.65.